The van der Waals surface area contributed by atoms with Gasteiger partial charge in [0.1, 0.15) is 0 Å². The van der Waals surface area contributed by atoms with Crippen LogP contribution in [-0.2, 0) is 0 Å². The van der Waals surface area contributed by atoms with Crippen LogP contribution in [0.2, 0.25) is 0 Å². The predicted octanol–water partition coefficient (Wildman–Crippen LogP) is 14.4. The fourth-order valence-electron chi connectivity index (χ4n) is 7.30. The van der Waals surface area contributed by atoms with E-state index >= 15 is 0 Å². The first kappa shape index (κ1) is 28.3. The minimum Gasteiger partial charge on any atom is -0.310 e. The number of thiophene rings is 2. The second-order valence-electron chi connectivity index (χ2n) is 12.5. The molecule has 3 heteroatoms. The number of nitrogens with zero attached hydrogens (tertiary/aromatic N) is 1. The van der Waals surface area contributed by atoms with Crippen molar-refractivity contribution in [1.82, 2.24) is 0 Å². The van der Waals surface area contributed by atoms with Gasteiger partial charge in [-0.3, -0.25) is 0 Å². The third-order valence-electron chi connectivity index (χ3n) is 9.66. The van der Waals surface area contributed by atoms with Crippen LogP contribution in [0.3, 0.4) is 0 Å². The molecule has 2 heterocycles. The maximum Gasteiger partial charge on any atom is 0.0468 e. The van der Waals surface area contributed by atoms with Crippen molar-refractivity contribution in [3.05, 3.63) is 176 Å². The molecular formula is C46H29NS2. The van der Waals surface area contributed by atoms with Crippen LogP contribution in [-0.4, -0.2) is 0 Å². The zero-order valence-corrected chi connectivity index (χ0v) is 28.1. The van der Waals surface area contributed by atoms with Crippen molar-refractivity contribution >= 4 is 90.9 Å². The molecule has 0 N–H and O–H groups in total. The van der Waals surface area contributed by atoms with Gasteiger partial charge in [0.05, 0.1) is 0 Å². The summed E-state index contributed by atoms with van der Waals surface area (Å²) in [4.78, 5) is 2.40. The highest BCUT2D eigenvalue weighted by atomic mass is 32.1. The van der Waals surface area contributed by atoms with E-state index in [1.165, 1.54) is 73.4 Å². The first-order valence-corrected chi connectivity index (χ1v) is 18.2. The molecule has 10 rings (SSSR count). The van der Waals surface area contributed by atoms with Crippen molar-refractivity contribution in [3.63, 3.8) is 0 Å². The summed E-state index contributed by atoms with van der Waals surface area (Å²) in [6.07, 6.45) is 0. The molecule has 0 saturated carbocycles. The Hall–Kier alpha value is -5.74. The van der Waals surface area contributed by atoms with Gasteiger partial charge in [-0.05, 0) is 99.8 Å². The molecule has 0 aliphatic rings. The topological polar surface area (TPSA) is 3.24 Å². The van der Waals surface area contributed by atoms with Crippen LogP contribution in [0.4, 0.5) is 17.1 Å². The Morgan fingerprint density at radius 2 is 0.857 bits per heavy atom. The van der Waals surface area contributed by atoms with Gasteiger partial charge in [-0.1, -0.05) is 109 Å². The molecule has 0 aliphatic carbocycles. The molecule has 0 atom stereocenters. The van der Waals surface area contributed by atoms with Crippen LogP contribution in [0.5, 0.6) is 0 Å². The van der Waals surface area contributed by atoms with Gasteiger partial charge < -0.3 is 4.90 Å². The number of anilines is 3. The minimum atomic E-state index is 1.12. The molecule has 0 unspecified atom stereocenters. The van der Waals surface area contributed by atoms with E-state index in [-0.39, 0.29) is 0 Å². The fourth-order valence-corrected chi connectivity index (χ4v) is 9.47. The average molecular weight is 660 g/mol. The average Bonchev–Trinajstić information content (AvgIpc) is 3.73. The second kappa shape index (κ2) is 11.5. The number of benzene rings is 8. The van der Waals surface area contributed by atoms with Crippen molar-refractivity contribution in [2.75, 3.05) is 4.90 Å². The molecule has 0 saturated heterocycles. The Morgan fingerprint density at radius 3 is 1.63 bits per heavy atom. The highest BCUT2D eigenvalue weighted by molar-refractivity contribution is 7.26. The van der Waals surface area contributed by atoms with Crippen LogP contribution in [0.1, 0.15) is 0 Å². The molecule has 0 aliphatic heterocycles. The third kappa shape index (κ3) is 4.82. The molecule has 0 amide bonds. The second-order valence-corrected chi connectivity index (χ2v) is 14.7. The normalized spacial score (nSPS) is 11.7. The van der Waals surface area contributed by atoms with Crippen molar-refractivity contribution in [2.24, 2.45) is 0 Å². The van der Waals surface area contributed by atoms with E-state index in [0.717, 1.165) is 17.1 Å². The molecule has 2 aromatic heterocycles. The lowest BCUT2D eigenvalue weighted by molar-refractivity contribution is 1.29. The summed E-state index contributed by atoms with van der Waals surface area (Å²) in [6.45, 7) is 0. The van der Waals surface area contributed by atoms with Crippen molar-refractivity contribution in [1.29, 1.82) is 0 Å². The fraction of sp³-hybridized carbons (Fsp3) is 0. The lowest BCUT2D eigenvalue weighted by Crippen LogP contribution is -2.10. The van der Waals surface area contributed by atoms with E-state index in [1.807, 2.05) is 22.7 Å². The lowest BCUT2D eigenvalue weighted by Gasteiger charge is -2.26. The van der Waals surface area contributed by atoms with Gasteiger partial charge in [-0.15, -0.1) is 22.7 Å². The van der Waals surface area contributed by atoms with E-state index in [9.17, 15) is 0 Å². The largest absolute Gasteiger partial charge is 0.310 e. The quantitative estimate of drug-likeness (QED) is 0.178. The van der Waals surface area contributed by atoms with Crippen LogP contribution in [0, 0.1) is 0 Å². The SMILES string of the molecule is c1cc(-c2cccc3ccccc23)cc(N(c2ccc(-c3ccc4sc5ccccc5c4c3)cc2)c2ccc3sc4ccccc4c3c2)c1. The van der Waals surface area contributed by atoms with Gasteiger partial charge in [0, 0.05) is 57.4 Å². The Kier molecular flexibility index (Phi) is 6.61. The molecule has 8 aromatic carbocycles. The Balaban J connectivity index is 1.12. The maximum atomic E-state index is 2.40. The first-order chi connectivity index (χ1) is 24.3. The summed E-state index contributed by atoms with van der Waals surface area (Å²) in [6, 6.07) is 64.5. The van der Waals surface area contributed by atoms with Crippen LogP contribution < -0.4 is 4.90 Å². The molecule has 230 valence electrons. The molecular weight excluding hydrogens is 631 g/mol. The van der Waals surface area contributed by atoms with Gasteiger partial charge in [-0.25, -0.2) is 0 Å². The van der Waals surface area contributed by atoms with Gasteiger partial charge in [0.2, 0.25) is 0 Å². The molecule has 49 heavy (non-hydrogen) atoms. The summed E-state index contributed by atoms with van der Waals surface area (Å²) in [5.74, 6) is 0. The number of hydrogen-bond acceptors (Lipinski definition) is 3. The standard InChI is InChI=1S/C46H29NS2/c1-2-13-37-31(9-1)10-8-16-38(37)33-11-7-12-35(27-33)47(36-24-26-46-42(29-36)40-15-4-6-18-44(40)49-46)34-22-19-30(20-23-34)32-21-25-45-41(28-32)39-14-3-5-17-43(39)48-45/h1-29H. The molecule has 0 spiro atoms. The zero-order chi connectivity index (χ0) is 32.3. The van der Waals surface area contributed by atoms with E-state index < -0.39 is 0 Å². The smallest absolute Gasteiger partial charge is 0.0468 e. The molecule has 0 radical (unpaired) electrons. The van der Waals surface area contributed by atoms with E-state index in [1.54, 1.807) is 0 Å². The minimum absolute atomic E-state index is 1.12. The zero-order valence-electron chi connectivity index (χ0n) is 26.5. The number of rotatable bonds is 5. The van der Waals surface area contributed by atoms with Crippen LogP contribution >= 0.6 is 22.7 Å². The summed E-state index contributed by atoms with van der Waals surface area (Å²) in [7, 11) is 0. The Morgan fingerprint density at radius 1 is 0.306 bits per heavy atom. The summed E-state index contributed by atoms with van der Waals surface area (Å²) in [5, 5.41) is 7.77. The monoisotopic (exact) mass is 659 g/mol. The number of fused-ring (bicyclic) bond motifs is 7. The van der Waals surface area contributed by atoms with Crippen LogP contribution in [0.15, 0.2) is 176 Å². The Labute approximate surface area is 292 Å². The first-order valence-electron chi connectivity index (χ1n) is 16.6. The van der Waals surface area contributed by atoms with Gasteiger partial charge in [0.15, 0.2) is 0 Å². The van der Waals surface area contributed by atoms with Crippen molar-refractivity contribution < 1.29 is 0 Å². The maximum absolute atomic E-state index is 2.40. The highest BCUT2D eigenvalue weighted by Crippen LogP contribution is 2.43. The summed E-state index contributed by atoms with van der Waals surface area (Å²) in [5.41, 5.74) is 8.29. The molecule has 10 aromatic rings. The molecule has 0 bridgehead atoms. The van der Waals surface area contributed by atoms with E-state index in [0.29, 0.717) is 0 Å². The van der Waals surface area contributed by atoms with Gasteiger partial charge in [0.25, 0.3) is 0 Å². The summed E-state index contributed by atoms with van der Waals surface area (Å²) >= 11 is 3.72. The predicted molar refractivity (Wildman–Crippen MR) is 215 cm³/mol. The van der Waals surface area contributed by atoms with Crippen LogP contribution in [0.25, 0.3) is 73.4 Å². The number of hydrogen-bond donors (Lipinski definition) is 0. The van der Waals surface area contributed by atoms with E-state index in [2.05, 4.69) is 181 Å². The van der Waals surface area contributed by atoms with Gasteiger partial charge in [-0.2, -0.15) is 0 Å². The van der Waals surface area contributed by atoms with Crippen molar-refractivity contribution in [2.45, 2.75) is 0 Å². The third-order valence-corrected chi connectivity index (χ3v) is 12.0. The lowest BCUT2D eigenvalue weighted by atomic mass is 9.97. The van der Waals surface area contributed by atoms with Gasteiger partial charge >= 0.3 is 0 Å². The van der Waals surface area contributed by atoms with Crippen molar-refractivity contribution in [3.8, 4) is 22.3 Å². The van der Waals surface area contributed by atoms with E-state index in [4.69, 9.17) is 0 Å². The highest BCUT2D eigenvalue weighted by Gasteiger charge is 2.17. The summed E-state index contributed by atoms with van der Waals surface area (Å²) < 4.78 is 5.29. The molecule has 1 nitrogen and oxygen atoms in total. The molecule has 0 fully saturated rings. The Bertz CT molecular complexity index is 2830.